The third kappa shape index (κ3) is 3.56. The van der Waals surface area contributed by atoms with Crippen LogP contribution in [0.3, 0.4) is 0 Å². The topological polar surface area (TPSA) is 41.1 Å². The highest BCUT2D eigenvalue weighted by Gasteiger charge is 2.21. The first kappa shape index (κ1) is 13.1. The maximum Gasteiger partial charge on any atom is 0.228 e. The summed E-state index contributed by atoms with van der Waals surface area (Å²) >= 11 is 8.05. The molecule has 0 aromatic heterocycles. The van der Waals surface area contributed by atoms with Crippen molar-refractivity contribution in [2.45, 2.75) is 12.8 Å². The van der Waals surface area contributed by atoms with Crippen molar-refractivity contribution in [2.24, 2.45) is 5.92 Å². The summed E-state index contributed by atoms with van der Waals surface area (Å²) in [5.41, 5.74) is 0.838. The fourth-order valence-electron chi connectivity index (χ4n) is 1.90. The van der Waals surface area contributed by atoms with Gasteiger partial charge in [0, 0.05) is 15.1 Å². The second kappa shape index (κ2) is 6.02. The third-order valence-electron chi connectivity index (χ3n) is 2.86. The van der Waals surface area contributed by atoms with E-state index in [1.807, 2.05) is 12.1 Å². The number of hydrogen-bond donors (Lipinski definition) is 2. The van der Waals surface area contributed by atoms with Crippen LogP contribution in [-0.2, 0) is 4.79 Å². The Morgan fingerprint density at radius 1 is 1.53 bits per heavy atom. The van der Waals surface area contributed by atoms with Gasteiger partial charge in [0.25, 0.3) is 0 Å². The van der Waals surface area contributed by atoms with Gasteiger partial charge in [-0.15, -0.1) is 0 Å². The zero-order valence-electron chi connectivity index (χ0n) is 9.30. The van der Waals surface area contributed by atoms with Gasteiger partial charge in [-0.2, -0.15) is 0 Å². The van der Waals surface area contributed by atoms with E-state index in [-0.39, 0.29) is 11.8 Å². The minimum Gasteiger partial charge on any atom is -0.325 e. The van der Waals surface area contributed by atoms with E-state index in [1.165, 1.54) is 0 Å². The molecular formula is C12H14ClIN2O. The first-order valence-corrected chi connectivity index (χ1v) is 7.09. The number of hydrogen-bond acceptors (Lipinski definition) is 2. The standard InChI is InChI=1S/C12H14ClIN2O/c13-9-3-4-11(10(14)6-9)16-12(17)8-2-1-5-15-7-8/h3-4,6,8,15H,1-2,5,7H2,(H,16,17)/t8-/m1/s1. The molecule has 1 aliphatic heterocycles. The second-order valence-electron chi connectivity index (χ2n) is 4.16. The van der Waals surface area contributed by atoms with Crippen LogP contribution in [0.15, 0.2) is 18.2 Å². The van der Waals surface area contributed by atoms with E-state index in [0.29, 0.717) is 5.02 Å². The Morgan fingerprint density at radius 3 is 3.00 bits per heavy atom. The summed E-state index contributed by atoms with van der Waals surface area (Å²) in [6.45, 7) is 1.79. The van der Waals surface area contributed by atoms with Crippen molar-refractivity contribution in [3.63, 3.8) is 0 Å². The number of halogens is 2. The number of nitrogens with one attached hydrogen (secondary N) is 2. The minimum absolute atomic E-state index is 0.0789. The minimum atomic E-state index is 0.0789. The third-order valence-corrected chi connectivity index (χ3v) is 3.98. The molecule has 0 bridgehead atoms. The van der Waals surface area contributed by atoms with Crippen molar-refractivity contribution >= 4 is 45.8 Å². The Kier molecular flexibility index (Phi) is 4.64. The molecule has 0 radical (unpaired) electrons. The highest BCUT2D eigenvalue weighted by atomic mass is 127. The van der Waals surface area contributed by atoms with Crippen LogP contribution in [0.25, 0.3) is 0 Å². The van der Waals surface area contributed by atoms with Gasteiger partial charge >= 0.3 is 0 Å². The lowest BCUT2D eigenvalue weighted by Gasteiger charge is -2.22. The molecule has 0 aliphatic carbocycles. The van der Waals surface area contributed by atoms with Gasteiger partial charge in [0.15, 0.2) is 0 Å². The molecule has 1 aromatic rings. The molecule has 1 aliphatic rings. The molecular weight excluding hydrogens is 351 g/mol. The van der Waals surface area contributed by atoms with Crippen LogP contribution >= 0.6 is 34.2 Å². The molecule has 1 atom stereocenters. The number of amides is 1. The van der Waals surface area contributed by atoms with E-state index < -0.39 is 0 Å². The van der Waals surface area contributed by atoms with E-state index in [4.69, 9.17) is 11.6 Å². The molecule has 0 unspecified atom stereocenters. The highest BCUT2D eigenvalue weighted by molar-refractivity contribution is 14.1. The first-order valence-electron chi connectivity index (χ1n) is 5.63. The lowest BCUT2D eigenvalue weighted by atomic mass is 9.99. The van der Waals surface area contributed by atoms with E-state index >= 15 is 0 Å². The summed E-state index contributed by atoms with van der Waals surface area (Å²) in [5, 5.41) is 6.89. The fourth-order valence-corrected chi connectivity index (χ4v) is 2.91. The molecule has 3 nitrogen and oxygen atoms in total. The molecule has 2 N–H and O–H groups in total. The van der Waals surface area contributed by atoms with Gasteiger partial charge in [0.05, 0.1) is 11.6 Å². The number of carbonyl (C=O) groups is 1. The van der Waals surface area contributed by atoms with Gasteiger partial charge in [0.2, 0.25) is 5.91 Å². The summed E-state index contributed by atoms with van der Waals surface area (Å²) in [6, 6.07) is 5.48. The Morgan fingerprint density at radius 2 is 2.35 bits per heavy atom. The van der Waals surface area contributed by atoms with E-state index in [1.54, 1.807) is 6.07 Å². The van der Waals surface area contributed by atoms with E-state index in [9.17, 15) is 4.79 Å². The number of anilines is 1. The zero-order valence-corrected chi connectivity index (χ0v) is 12.2. The van der Waals surface area contributed by atoms with Crippen LogP contribution in [0, 0.1) is 9.49 Å². The lowest BCUT2D eigenvalue weighted by Crippen LogP contribution is -2.37. The maximum absolute atomic E-state index is 12.0. The zero-order chi connectivity index (χ0) is 12.3. The van der Waals surface area contributed by atoms with Gasteiger partial charge in [-0.05, 0) is 60.2 Å². The largest absolute Gasteiger partial charge is 0.325 e. The number of piperidine rings is 1. The lowest BCUT2D eigenvalue weighted by molar-refractivity contribution is -0.120. The molecule has 1 aromatic carbocycles. The molecule has 1 amide bonds. The Balaban J connectivity index is 2.02. The van der Waals surface area contributed by atoms with Gasteiger partial charge in [-0.25, -0.2) is 0 Å². The molecule has 0 spiro atoms. The van der Waals surface area contributed by atoms with Crippen molar-refractivity contribution in [1.82, 2.24) is 5.32 Å². The second-order valence-corrected chi connectivity index (χ2v) is 5.76. The predicted molar refractivity (Wildman–Crippen MR) is 78.4 cm³/mol. The normalized spacial score (nSPS) is 20.0. The highest BCUT2D eigenvalue weighted by Crippen LogP contribution is 2.23. The van der Waals surface area contributed by atoms with Crippen LogP contribution < -0.4 is 10.6 Å². The molecule has 1 fully saturated rings. The van der Waals surface area contributed by atoms with E-state index in [2.05, 4.69) is 33.2 Å². The van der Waals surface area contributed by atoms with Crippen molar-refractivity contribution in [2.75, 3.05) is 18.4 Å². The average Bonchev–Trinajstić information content (AvgIpc) is 2.34. The molecule has 0 saturated carbocycles. The Bertz CT molecular complexity index is 419. The van der Waals surface area contributed by atoms with Crippen molar-refractivity contribution < 1.29 is 4.79 Å². The van der Waals surface area contributed by atoms with Crippen molar-refractivity contribution in [3.8, 4) is 0 Å². The number of carbonyl (C=O) groups excluding carboxylic acids is 1. The smallest absolute Gasteiger partial charge is 0.228 e. The monoisotopic (exact) mass is 364 g/mol. The van der Waals surface area contributed by atoms with Crippen LogP contribution in [0.5, 0.6) is 0 Å². The maximum atomic E-state index is 12.0. The van der Waals surface area contributed by atoms with Crippen LogP contribution in [0.2, 0.25) is 5.02 Å². The van der Waals surface area contributed by atoms with Crippen LogP contribution in [0.4, 0.5) is 5.69 Å². The van der Waals surface area contributed by atoms with Gasteiger partial charge in [-0.3, -0.25) is 4.79 Å². The summed E-state index contributed by atoms with van der Waals surface area (Å²) in [5.74, 6) is 0.174. The number of rotatable bonds is 2. The number of benzene rings is 1. The predicted octanol–water partition coefficient (Wildman–Crippen LogP) is 2.88. The average molecular weight is 365 g/mol. The first-order chi connectivity index (χ1) is 8.16. The van der Waals surface area contributed by atoms with Crippen LogP contribution in [0.1, 0.15) is 12.8 Å². The summed E-state index contributed by atoms with van der Waals surface area (Å²) in [4.78, 5) is 12.0. The van der Waals surface area contributed by atoms with Gasteiger partial charge in [0.1, 0.15) is 0 Å². The van der Waals surface area contributed by atoms with Gasteiger partial charge in [-0.1, -0.05) is 11.6 Å². The molecule has 1 saturated heterocycles. The molecule has 17 heavy (non-hydrogen) atoms. The Hall–Kier alpha value is -0.330. The van der Waals surface area contributed by atoms with Crippen molar-refractivity contribution in [1.29, 1.82) is 0 Å². The van der Waals surface area contributed by atoms with Crippen molar-refractivity contribution in [3.05, 3.63) is 26.8 Å². The van der Waals surface area contributed by atoms with E-state index in [0.717, 1.165) is 35.2 Å². The van der Waals surface area contributed by atoms with Gasteiger partial charge < -0.3 is 10.6 Å². The SMILES string of the molecule is O=C(Nc1ccc(Cl)cc1I)[C@@H]1CCCNC1. The Labute approximate surface area is 119 Å². The fraction of sp³-hybridized carbons (Fsp3) is 0.417. The molecule has 92 valence electrons. The summed E-state index contributed by atoms with van der Waals surface area (Å²) < 4.78 is 0.965. The summed E-state index contributed by atoms with van der Waals surface area (Å²) in [6.07, 6.45) is 2.03. The summed E-state index contributed by atoms with van der Waals surface area (Å²) in [7, 11) is 0. The quantitative estimate of drug-likeness (QED) is 0.792. The molecule has 2 rings (SSSR count). The molecule has 1 heterocycles. The molecule has 5 heteroatoms. The van der Waals surface area contributed by atoms with Crippen LogP contribution in [-0.4, -0.2) is 19.0 Å².